The van der Waals surface area contributed by atoms with Gasteiger partial charge < -0.3 is 10.2 Å². The Morgan fingerprint density at radius 3 is 3.06 bits per heavy atom. The third kappa shape index (κ3) is 2.18. The van der Waals surface area contributed by atoms with Gasteiger partial charge in [0.15, 0.2) is 4.96 Å². The van der Waals surface area contributed by atoms with Gasteiger partial charge in [-0.05, 0) is 33.9 Å². The van der Waals surface area contributed by atoms with Crippen LogP contribution in [0.4, 0.5) is 0 Å². The predicted molar refractivity (Wildman–Crippen MR) is 75.3 cm³/mol. The summed E-state index contributed by atoms with van der Waals surface area (Å²) in [5, 5.41) is 3.66. The Labute approximate surface area is 112 Å². The normalized spacial score (nSPS) is 21.2. The highest BCUT2D eigenvalue weighted by atomic mass is 32.1. The molecule has 0 bridgehead atoms. The van der Waals surface area contributed by atoms with Gasteiger partial charge >= 0.3 is 0 Å². The SMILES string of the molecule is Cc1cn2c(CNC3CCN(C)C3)c(C)nc2s1. The van der Waals surface area contributed by atoms with Crippen LogP contribution in [0.5, 0.6) is 0 Å². The quantitative estimate of drug-likeness (QED) is 0.917. The van der Waals surface area contributed by atoms with Gasteiger partial charge in [-0.15, -0.1) is 11.3 Å². The first kappa shape index (κ1) is 12.1. The fraction of sp³-hybridized carbons (Fsp3) is 0.615. The number of aromatic nitrogens is 2. The minimum Gasteiger partial charge on any atom is -0.307 e. The van der Waals surface area contributed by atoms with Crippen molar-refractivity contribution in [2.24, 2.45) is 0 Å². The molecule has 98 valence electrons. The molecule has 0 aromatic carbocycles. The van der Waals surface area contributed by atoms with E-state index in [4.69, 9.17) is 0 Å². The van der Waals surface area contributed by atoms with Crippen LogP contribution in [0.25, 0.3) is 4.96 Å². The molecule has 1 N–H and O–H groups in total. The monoisotopic (exact) mass is 264 g/mol. The Bertz CT molecular complexity index is 557. The van der Waals surface area contributed by atoms with Crippen LogP contribution in [0.2, 0.25) is 0 Å². The summed E-state index contributed by atoms with van der Waals surface area (Å²) >= 11 is 1.76. The first-order valence-electron chi connectivity index (χ1n) is 6.49. The van der Waals surface area contributed by atoms with Crippen molar-refractivity contribution in [2.45, 2.75) is 32.9 Å². The summed E-state index contributed by atoms with van der Waals surface area (Å²) in [6.45, 7) is 7.52. The van der Waals surface area contributed by atoms with Crippen molar-refractivity contribution in [3.63, 3.8) is 0 Å². The van der Waals surface area contributed by atoms with E-state index in [0.29, 0.717) is 6.04 Å². The predicted octanol–water partition coefficient (Wildman–Crippen LogP) is 1.81. The van der Waals surface area contributed by atoms with E-state index in [2.05, 4.69) is 46.7 Å². The van der Waals surface area contributed by atoms with Gasteiger partial charge in [-0.3, -0.25) is 4.40 Å². The average molecular weight is 264 g/mol. The smallest absolute Gasteiger partial charge is 0.194 e. The first-order valence-corrected chi connectivity index (χ1v) is 7.31. The Kier molecular flexibility index (Phi) is 3.13. The third-order valence-electron chi connectivity index (χ3n) is 3.69. The van der Waals surface area contributed by atoms with E-state index in [9.17, 15) is 0 Å². The van der Waals surface area contributed by atoms with E-state index in [1.165, 1.54) is 23.5 Å². The van der Waals surface area contributed by atoms with E-state index < -0.39 is 0 Å². The molecule has 1 atom stereocenters. The van der Waals surface area contributed by atoms with Crippen LogP contribution >= 0.6 is 11.3 Å². The molecule has 4 nitrogen and oxygen atoms in total. The lowest BCUT2D eigenvalue weighted by Gasteiger charge is -2.12. The van der Waals surface area contributed by atoms with Gasteiger partial charge in [0.1, 0.15) is 0 Å². The van der Waals surface area contributed by atoms with E-state index >= 15 is 0 Å². The number of hydrogen-bond donors (Lipinski definition) is 1. The molecule has 2 aromatic rings. The lowest BCUT2D eigenvalue weighted by molar-refractivity contribution is 0.397. The molecule has 3 rings (SSSR count). The second kappa shape index (κ2) is 4.64. The average Bonchev–Trinajstić information content (AvgIpc) is 2.92. The summed E-state index contributed by atoms with van der Waals surface area (Å²) in [6, 6.07) is 0.625. The van der Waals surface area contributed by atoms with Crippen molar-refractivity contribution >= 4 is 16.3 Å². The zero-order valence-corrected chi connectivity index (χ0v) is 12.0. The number of hydrogen-bond acceptors (Lipinski definition) is 4. The van der Waals surface area contributed by atoms with E-state index in [-0.39, 0.29) is 0 Å². The molecule has 1 aliphatic heterocycles. The van der Waals surface area contributed by atoms with E-state index in [1.54, 1.807) is 11.3 Å². The van der Waals surface area contributed by atoms with Crippen molar-refractivity contribution < 1.29 is 0 Å². The molecule has 0 spiro atoms. The molecule has 0 saturated carbocycles. The lowest BCUT2D eigenvalue weighted by Crippen LogP contribution is -2.31. The van der Waals surface area contributed by atoms with Crippen LogP contribution in [0.15, 0.2) is 6.20 Å². The van der Waals surface area contributed by atoms with Gasteiger partial charge in [0.25, 0.3) is 0 Å². The standard InChI is InChI=1S/C13H20N4S/c1-9-7-17-12(10(2)15-13(17)18-9)6-14-11-4-5-16(3)8-11/h7,11,14H,4-6,8H2,1-3H3. The number of likely N-dealkylation sites (N-methyl/N-ethyl adjacent to an activating group) is 1. The van der Waals surface area contributed by atoms with Crippen LogP contribution < -0.4 is 5.32 Å². The van der Waals surface area contributed by atoms with Gasteiger partial charge in [-0.25, -0.2) is 4.98 Å². The fourth-order valence-corrected chi connectivity index (χ4v) is 3.55. The van der Waals surface area contributed by atoms with Crippen LogP contribution in [0.1, 0.15) is 22.7 Å². The van der Waals surface area contributed by atoms with Crippen LogP contribution in [0.3, 0.4) is 0 Å². The maximum absolute atomic E-state index is 4.63. The summed E-state index contributed by atoms with van der Waals surface area (Å²) in [4.78, 5) is 9.44. The minimum atomic E-state index is 0.625. The van der Waals surface area contributed by atoms with E-state index in [1.807, 2.05) is 0 Å². The van der Waals surface area contributed by atoms with Gasteiger partial charge in [0.05, 0.1) is 11.4 Å². The maximum Gasteiger partial charge on any atom is 0.194 e. The van der Waals surface area contributed by atoms with Gasteiger partial charge in [0.2, 0.25) is 0 Å². The minimum absolute atomic E-state index is 0.625. The molecule has 1 unspecified atom stereocenters. The van der Waals surface area contributed by atoms with Crippen molar-refractivity contribution in [1.82, 2.24) is 19.6 Å². The van der Waals surface area contributed by atoms with Gasteiger partial charge in [-0.2, -0.15) is 0 Å². The molecular weight excluding hydrogens is 244 g/mol. The summed E-state index contributed by atoms with van der Waals surface area (Å²) < 4.78 is 2.24. The lowest BCUT2D eigenvalue weighted by atomic mass is 10.2. The van der Waals surface area contributed by atoms with Crippen LogP contribution in [0, 0.1) is 13.8 Å². The molecule has 5 heteroatoms. The highest BCUT2D eigenvalue weighted by molar-refractivity contribution is 7.17. The zero-order chi connectivity index (χ0) is 12.7. The third-order valence-corrected chi connectivity index (χ3v) is 4.59. The molecule has 3 heterocycles. The number of fused-ring (bicyclic) bond motifs is 1. The number of nitrogens with zero attached hydrogens (tertiary/aromatic N) is 3. The Hall–Kier alpha value is -0.910. The molecule has 1 aliphatic rings. The van der Waals surface area contributed by atoms with Crippen molar-refractivity contribution in [2.75, 3.05) is 20.1 Å². The Morgan fingerprint density at radius 1 is 1.50 bits per heavy atom. The number of nitrogens with one attached hydrogen (secondary N) is 1. The first-order chi connectivity index (χ1) is 8.63. The van der Waals surface area contributed by atoms with Crippen molar-refractivity contribution in [3.8, 4) is 0 Å². The second-order valence-electron chi connectivity index (χ2n) is 5.27. The van der Waals surface area contributed by atoms with Crippen LogP contribution in [-0.4, -0.2) is 40.5 Å². The second-order valence-corrected chi connectivity index (χ2v) is 6.48. The number of aryl methyl sites for hydroxylation is 2. The summed E-state index contributed by atoms with van der Waals surface area (Å²) in [5.41, 5.74) is 2.46. The highest BCUT2D eigenvalue weighted by Crippen LogP contribution is 2.20. The zero-order valence-electron chi connectivity index (χ0n) is 11.2. The van der Waals surface area contributed by atoms with Gasteiger partial charge in [0, 0.05) is 30.2 Å². The Balaban J connectivity index is 1.75. The molecular formula is C13H20N4S. The summed E-state index contributed by atoms with van der Waals surface area (Å²) in [7, 11) is 2.19. The molecule has 1 saturated heterocycles. The largest absolute Gasteiger partial charge is 0.307 e. The van der Waals surface area contributed by atoms with Gasteiger partial charge in [-0.1, -0.05) is 0 Å². The Morgan fingerprint density at radius 2 is 2.33 bits per heavy atom. The summed E-state index contributed by atoms with van der Waals surface area (Å²) in [5.74, 6) is 0. The number of thiazole rings is 1. The number of imidazole rings is 1. The summed E-state index contributed by atoms with van der Waals surface area (Å²) in [6.07, 6.45) is 3.44. The van der Waals surface area contributed by atoms with Crippen molar-refractivity contribution in [3.05, 3.63) is 22.5 Å². The molecule has 1 fully saturated rings. The highest BCUT2D eigenvalue weighted by Gasteiger charge is 2.19. The van der Waals surface area contributed by atoms with Crippen molar-refractivity contribution in [1.29, 1.82) is 0 Å². The number of likely N-dealkylation sites (tertiary alicyclic amines) is 1. The maximum atomic E-state index is 4.63. The topological polar surface area (TPSA) is 32.6 Å². The molecule has 18 heavy (non-hydrogen) atoms. The van der Waals surface area contributed by atoms with E-state index in [0.717, 1.165) is 23.7 Å². The van der Waals surface area contributed by atoms with Crippen LogP contribution in [-0.2, 0) is 6.54 Å². The number of rotatable bonds is 3. The molecule has 0 radical (unpaired) electrons. The molecule has 0 amide bonds. The fourth-order valence-electron chi connectivity index (χ4n) is 2.66. The molecule has 0 aliphatic carbocycles. The molecule has 2 aromatic heterocycles.